The lowest BCUT2D eigenvalue weighted by Crippen LogP contribution is -2.30. The van der Waals surface area contributed by atoms with Gasteiger partial charge in [-0.05, 0) is 24.5 Å². The summed E-state index contributed by atoms with van der Waals surface area (Å²) in [4.78, 5) is 10.8. The number of carbonyl (C=O) groups is 1. The Morgan fingerprint density at radius 2 is 2.13 bits per heavy atom. The number of benzene rings is 1. The fourth-order valence-electron chi connectivity index (χ4n) is 1.15. The Hall–Kier alpha value is -1.53. The second kappa shape index (κ2) is 4.81. The van der Waals surface area contributed by atoms with Gasteiger partial charge in [0.25, 0.3) is 0 Å². The summed E-state index contributed by atoms with van der Waals surface area (Å²) in [6.07, 6.45) is 0. The van der Waals surface area contributed by atoms with Crippen molar-refractivity contribution in [3.8, 4) is 5.75 Å². The molecule has 0 aliphatic carbocycles. The van der Waals surface area contributed by atoms with E-state index >= 15 is 0 Å². The molecule has 0 spiro atoms. The van der Waals surface area contributed by atoms with Crippen LogP contribution in [0.4, 0.5) is 0 Å². The zero-order chi connectivity index (χ0) is 11.4. The van der Waals surface area contributed by atoms with Gasteiger partial charge >= 0.3 is 13.1 Å². The van der Waals surface area contributed by atoms with Gasteiger partial charge in [0.05, 0.1) is 6.61 Å². The molecule has 0 amide bonds. The third-order valence-electron chi connectivity index (χ3n) is 1.83. The van der Waals surface area contributed by atoms with Gasteiger partial charge in [-0.25, -0.2) is 4.79 Å². The molecule has 0 fully saturated rings. The Kier molecular flexibility index (Phi) is 3.71. The highest BCUT2D eigenvalue weighted by molar-refractivity contribution is 6.58. The SMILES string of the molecule is CCOc1cc(B(O)O)ccc1C(=O)O. The predicted octanol–water partition coefficient (Wildman–Crippen LogP) is -0.537. The Bertz CT molecular complexity index is 364. The molecule has 1 rings (SSSR count). The Balaban J connectivity index is 3.14. The van der Waals surface area contributed by atoms with Crippen molar-refractivity contribution in [1.82, 2.24) is 0 Å². The van der Waals surface area contributed by atoms with Crippen LogP contribution in [0.25, 0.3) is 0 Å². The lowest BCUT2D eigenvalue weighted by Gasteiger charge is -2.08. The molecular formula is C9H11BO5. The van der Waals surface area contributed by atoms with E-state index in [2.05, 4.69) is 0 Å². The summed E-state index contributed by atoms with van der Waals surface area (Å²) in [6.45, 7) is 2.03. The molecule has 0 bridgehead atoms. The number of hydrogen-bond donors (Lipinski definition) is 3. The molecule has 3 N–H and O–H groups in total. The molecule has 0 aromatic heterocycles. The van der Waals surface area contributed by atoms with Crippen LogP contribution in [0.2, 0.25) is 0 Å². The maximum Gasteiger partial charge on any atom is 0.488 e. The Morgan fingerprint density at radius 3 is 2.60 bits per heavy atom. The van der Waals surface area contributed by atoms with Gasteiger partial charge in [0.1, 0.15) is 11.3 Å². The maximum atomic E-state index is 10.8. The van der Waals surface area contributed by atoms with Crippen molar-refractivity contribution in [3.05, 3.63) is 23.8 Å². The zero-order valence-corrected chi connectivity index (χ0v) is 8.17. The van der Waals surface area contributed by atoms with E-state index in [0.29, 0.717) is 6.61 Å². The van der Waals surface area contributed by atoms with Crippen LogP contribution in [0, 0.1) is 0 Å². The van der Waals surface area contributed by atoms with E-state index in [4.69, 9.17) is 19.9 Å². The normalized spacial score (nSPS) is 9.80. The van der Waals surface area contributed by atoms with Crippen molar-refractivity contribution in [2.45, 2.75) is 6.92 Å². The van der Waals surface area contributed by atoms with Crippen LogP contribution >= 0.6 is 0 Å². The van der Waals surface area contributed by atoms with Crippen LogP contribution in [0.3, 0.4) is 0 Å². The molecule has 0 aliphatic heterocycles. The molecule has 6 heteroatoms. The average molecular weight is 210 g/mol. The zero-order valence-electron chi connectivity index (χ0n) is 8.17. The van der Waals surface area contributed by atoms with E-state index in [1.807, 2.05) is 0 Å². The summed E-state index contributed by atoms with van der Waals surface area (Å²) in [5, 5.41) is 26.6. The summed E-state index contributed by atoms with van der Waals surface area (Å²) >= 11 is 0. The molecule has 0 unspecified atom stereocenters. The van der Waals surface area contributed by atoms with Gasteiger partial charge in [-0.1, -0.05) is 6.07 Å². The van der Waals surface area contributed by atoms with Crippen LogP contribution in [0.5, 0.6) is 5.75 Å². The van der Waals surface area contributed by atoms with Gasteiger partial charge in [0.2, 0.25) is 0 Å². The molecule has 15 heavy (non-hydrogen) atoms. The van der Waals surface area contributed by atoms with Gasteiger partial charge in [-0.2, -0.15) is 0 Å². The summed E-state index contributed by atoms with van der Waals surface area (Å²) in [6, 6.07) is 3.91. The summed E-state index contributed by atoms with van der Waals surface area (Å²) in [7, 11) is -1.63. The van der Waals surface area contributed by atoms with Crippen molar-refractivity contribution >= 4 is 18.6 Å². The van der Waals surface area contributed by atoms with Gasteiger partial charge in [-0.3, -0.25) is 0 Å². The Morgan fingerprint density at radius 1 is 1.47 bits per heavy atom. The number of carboxylic acids is 1. The molecule has 0 saturated carbocycles. The van der Waals surface area contributed by atoms with Crippen LogP contribution in [-0.4, -0.2) is 34.8 Å². The Labute approximate surface area is 87.1 Å². The largest absolute Gasteiger partial charge is 0.493 e. The fourth-order valence-corrected chi connectivity index (χ4v) is 1.15. The van der Waals surface area contributed by atoms with Crippen molar-refractivity contribution in [1.29, 1.82) is 0 Å². The minimum Gasteiger partial charge on any atom is -0.493 e. The van der Waals surface area contributed by atoms with Gasteiger partial charge in [-0.15, -0.1) is 0 Å². The highest BCUT2D eigenvalue weighted by Gasteiger charge is 2.17. The lowest BCUT2D eigenvalue weighted by atomic mass is 9.80. The highest BCUT2D eigenvalue weighted by Crippen LogP contribution is 2.16. The van der Waals surface area contributed by atoms with Crippen LogP contribution in [-0.2, 0) is 0 Å². The minimum absolute atomic E-state index is 0.00116. The van der Waals surface area contributed by atoms with E-state index in [9.17, 15) is 4.79 Å². The number of carboxylic acid groups (broad SMARTS) is 1. The maximum absolute atomic E-state index is 10.8. The van der Waals surface area contributed by atoms with Crippen molar-refractivity contribution < 1.29 is 24.7 Å². The van der Waals surface area contributed by atoms with Gasteiger partial charge in [0.15, 0.2) is 0 Å². The molecule has 0 atom stereocenters. The quantitative estimate of drug-likeness (QED) is 0.581. The van der Waals surface area contributed by atoms with Crippen LogP contribution in [0.1, 0.15) is 17.3 Å². The summed E-state index contributed by atoms with van der Waals surface area (Å²) < 4.78 is 5.09. The third kappa shape index (κ3) is 2.71. The second-order valence-electron chi connectivity index (χ2n) is 2.87. The molecule has 0 aliphatic rings. The van der Waals surface area contributed by atoms with E-state index < -0.39 is 13.1 Å². The topological polar surface area (TPSA) is 87.0 Å². The van der Waals surface area contributed by atoms with Crippen molar-refractivity contribution in [3.63, 3.8) is 0 Å². The van der Waals surface area contributed by atoms with Gasteiger partial charge < -0.3 is 19.9 Å². The number of hydrogen-bond acceptors (Lipinski definition) is 4. The highest BCUT2D eigenvalue weighted by atomic mass is 16.5. The van der Waals surface area contributed by atoms with E-state index in [-0.39, 0.29) is 16.8 Å². The van der Waals surface area contributed by atoms with E-state index in [1.54, 1.807) is 6.92 Å². The standard InChI is InChI=1S/C9H11BO5/c1-2-15-8-5-6(10(13)14)3-4-7(8)9(11)12/h3-5,13-14H,2H2,1H3,(H,11,12). The summed E-state index contributed by atoms with van der Waals surface area (Å²) in [5.41, 5.74) is 0.199. The van der Waals surface area contributed by atoms with Gasteiger partial charge in [0, 0.05) is 0 Å². The third-order valence-corrected chi connectivity index (χ3v) is 1.83. The first-order valence-electron chi connectivity index (χ1n) is 4.42. The van der Waals surface area contributed by atoms with Crippen LogP contribution < -0.4 is 10.2 Å². The molecule has 1 aromatic carbocycles. The number of rotatable bonds is 4. The minimum atomic E-state index is -1.63. The number of ether oxygens (including phenoxy) is 1. The molecule has 80 valence electrons. The van der Waals surface area contributed by atoms with E-state index in [0.717, 1.165) is 0 Å². The average Bonchev–Trinajstić information content (AvgIpc) is 2.17. The monoisotopic (exact) mass is 210 g/mol. The van der Waals surface area contributed by atoms with E-state index in [1.165, 1.54) is 18.2 Å². The molecule has 1 aromatic rings. The second-order valence-corrected chi connectivity index (χ2v) is 2.87. The molecule has 0 saturated heterocycles. The first kappa shape index (κ1) is 11.5. The first-order chi connectivity index (χ1) is 7.06. The van der Waals surface area contributed by atoms with Crippen molar-refractivity contribution in [2.75, 3.05) is 6.61 Å². The lowest BCUT2D eigenvalue weighted by molar-refractivity contribution is 0.0692. The van der Waals surface area contributed by atoms with Crippen molar-refractivity contribution in [2.24, 2.45) is 0 Å². The summed E-state index contributed by atoms with van der Waals surface area (Å²) in [5.74, 6) is -0.979. The first-order valence-corrected chi connectivity index (χ1v) is 4.42. The molecular weight excluding hydrogens is 199 g/mol. The predicted molar refractivity (Wildman–Crippen MR) is 54.4 cm³/mol. The molecule has 0 radical (unpaired) electrons. The van der Waals surface area contributed by atoms with Crippen LogP contribution in [0.15, 0.2) is 18.2 Å². The fraction of sp³-hybridized carbons (Fsp3) is 0.222. The smallest absolute Gasteiger partial charge is 0.488 e. The molecule has 5 nitrogen and oxygen atoms in total. The number of aromatic carboxylic acids is 1. The molecule has 0 heterocycles.